The van der Waals surface area contributed by atoms with Gasteiger partial charge in [-0.15, -0.1) is 0 Å². The predicted molar refractivity (Wildman–Crippen MR) is 92.4 cm³/mol. The highest BCUT2D eigenvalue weighted by atomic mass is 16.5. The van der Waals surface area contributed by atoms with Gasteiger partial charge >= 0.3 is 0 Å². The number of benzene rings is 1. The average molecular weight is 334 g/mol. The van der Waals surface area contributed by atoms with Crippen LogP contribution in [0.4, 0.5) is 0 Å². The van der Waals surface area contributed by atoms with Crippen molar-refractivity contribution in [3.63, 3.8) is 0 Å². The Bertz CT molecular complexity index is 901. The minimum Gasteiger partial charge on any atom is -0.477 e. The van der Waals surface area contributed by atoms with Crippen LogP contribution < -0.4 is 9.47 Å². The van der Waals surface area contributed by atoms with Gasteiger partial charge in [0.2, 0.25) is 5.78 Å². The third-order valence-electron chi connectivity index (χ3n) is 5.03. The summed E-state index contributed by atoms with van der Waals surface area (Å²) in [5.74, 6) is 1.78. The highest BCUT2D eigenvalue weighted by Crippen LogP contribution is 2.44. The molecule has 2 aliphatic heterocycles. The molecule has 0 saturated heterocycles. The Hall–Kier alpha value is -2.66. The van der Waals surface area contributed by atoms with Crippen molar-refractivity contribution in [1.29, 1.82) is 0 Å². The highest BCUT2D eigenvalue weighted by Gasteiger charge is 2.36. The number of pyridine rings is 1. The molecule has 5 nitrogen and oxygen atoms in total. The lowest BCUT2D eigenvalue weighted by molar-refractivity contribution is 0.0872. The molecule has 0 unspecified atom stereocenters. The quantitative estimate of drug-likeness (QED) is 0.789. The van der Waals surface area contributed by atoms with Crippen LogP contribution in [0.5, 0.6) is 11.5 Å². The zero-order valence-corrected chi connectivity index (χ0v) is 14.0. The molecule has 1 aromatic heterocycles. The van der Waals surface area contributed by atoms with Gasteiger partial charge in [0, 0.05) is 36.1 Å². The van der Waals surface area contributed by atoms with Crippen molar-refractivity contribution in [3.8, 4) is 11.5 Å². The molecule has 126 valence electrons. The molecule has 1 fully saturated rings. The Kier molecular flexibility index (Phi) is 3.18. The number of carbonyl (C=O) groups is 1. The molecule has 3 heterocycles. The maximum absolute atomic E-state index is 12.8. The fraction of sp³-hybridized carbons (Fsp3) is 0.300. The van der Waals surface area contributed by atoms with Gasteiger partial charge in [-0.2, -0.15) is 0 Å². The van der Waals surface area contributed by atoms with E-state index < -0.39 is 0 Å². The van der Waals surface area contributed by atoms with Crippen LogP contribution in [0.15, 0.2) is 36.4 Å². The Balaban J connectivity index is 1.52. The largest absolute Gasteiger partial charge is 0.477 e. The molecule has 0 atom stereocenters. The first-order valence-corrected chi connectivity index (χ1v) is 8.58. The Morgan fingerprint density at radius 2 is 2.04 bits per heavy atom. The molecule has 5 heteroatoms. The zero-order valence-electron chi connectivity index (χ0n) is 14.0. The van der Waals surface area contributed by atoms with Crippen molar-refractivity contribution in [2.45, 2.75) is 32.4 Å². The Morgan fingerprint density at radius 1 is 1.24 bits per heavy atom. The van der Waals surface area contributed by atoms with Gasteiger partial charge in [0.15, 0.2) is 5.76 Å². The summed E-state index contributed by atoms with van der Waals surface area (Å²) in [6.07, 6.45) is 7.64. The van der Waals surface area contributed by atoms with Crippen LogP contribution >= 0.6 is 0 Å². The van der Waals surface area contributed by atoms with E-state index in [0.717, 1.165) is 29.0 Å². The maximum Gasteiger partial charge on any atom is 0.231 e. The number of hydrogen-bond acceptors (Lipinski definition) is 5. The molecule has 2 aromatic rings. The fourth-order valence-electron chi connectivity index (χ4n) is 3.55. The molecule has 3 aliphatic rings. The van der Waals surface area contributed by atoms with E-state index in [1.54, 1.807) is 18.5 Å². The van der Waals surface area contributed by atoms with Crippen LogP contribution in [0.3, 0.4) is 0 Å². The predicted octanol–water partition coefficient (Wildman–Crippen LogP) is 3.32. The number of hydrogen-bond donors (Lipinski definition) is 0. The summed E-state index contributed by atoms with van der Waals surface area (Å²) in [5, 5.41) is 0. The second kappa shape index (κ2) is 5.43. The van der Waals surface area contributed by atoms with Crippen molar-refractivity contribution < 1.29 is 14.3 Å². The average Bonchev–Trinajstić information content (AvgIpc) is 3.44. The number of rotatable bonds is 2. The second-order valence-electron chi connectivity index (χ2n) is 6.84. The van der Waals surface area contributed by atoms with Gasteiger partial charge in [0.05, 0.1) is 5.56 Å². The van der Waals surface area contributed by atoms with E-state index in [4.69, 9.17) is 9.47 Å². The summed E-state index contributed by atoms with van der Waals surface area (Å²) < 4.78 is 11.9. The minimum absolute atomic E-state index is 0.0683. The van der Waals surface area contributed by atoms with Crippen LogP contribution in [0, 0.1) is 6.92 Å². The number of carbonyl (C=O) groups excluding carboxylic acids is 1. The topological polar surface area (TPSA) is 51.7 Å². The number of fused-ring (bicyclic) bond motifs is 2. The van der Waals surface area contributed by atoms with Crippen molar-refractivity contribution in [1.82, 2.24) is 9.88 Å². The molecule has 0 radical (unpaired) electrons. The monoisotopic (exact) mass is 334 g/mol. The second-order valence-corrected chi connectivity index (χ2v) is 6.84. The number of nitrogens with zero attached hydrogens (tertiary/aromatic N) is 2. The summed E-state index contributed by atoms with van der Waals surface area (Å²) in [4.78, 5) is 19.1. The molecule has 0 bridgehead atoms. The fourth-order valence-corrected chi connectivity index (χ4v) is 3.55. The summed E-state index contributed by atoms with van der Waals surface area (Å²) >= 11 is 0. The van der Waals surface area contributed by atoms with Crippen molar-refractivity contribution in [2.24, 2.45) is 0 Å². The molecule has 0 N–H and O–H groups in total. The Morgan fingerprint density at radius 3 is 2.80 bits per heavy atom. The first kappa shape index (κ1) is 14.7. The van der Waals surface area contributed by atoms with Gasteiger partial charge in [-0.25, -0.2) is 0 Å². The molecule has 1 saturated carbocycles. The summed E-state index contributed by atoms with van der Waals surface area (Å²) in [5.41, 5.74) is 3.52. The lowest BCUT2D eigenvalue weighted by Gasteiger charge is -2.30. The number of aromatic nitrogens is 1. The molecular weight excluding hydrogens is 316 g/mol. The van der Waals surface area contributed by atoms with Crippen molar-refractivity contribution in [2.75, 3.05) is 6.73 Å². The van der Waals surface area contributed by atoms with Gasteiger partial charge in [-0.3, -0.25) is 14.7 Å². The molecule has 1 aliphatic carbocycles. The van der Waals surface area contributed by atoms with Crippen molar-refractivity contribution >= 4 is 11.9 Å². The van der Waals surface area contributed by atoms with Gasteiger partial charge in [-0.05, 0) is 49.6 Å². The molecule has 25 heavy (non-hydrogen) atoms. The SMILES string of the molecule is Cc1c2c(cc3c1O/C(=C\c1ccncc1)C3=O)CN(C1CC1)CO2. The summed E-state index contributed by atoms with van der Waals surface area (Å²) in [7, 11) is 0. The van der Waals surface area contributed by atoms with Crippen LogP contribution in [0.25, 0.3) is 6.08 Å². The van der Waals surface area contributed by atoms with Gasteiger partial charge in [-0.1, -0.05) is 0 Å². The van der Waals surface area contributed by atoms with Gasteiger partial charge in [0.25, 0.3) is 0 Å². The zero-order chi connectivity index (χ0) is 17.0. The van der Waals surface area contributed by atoms with Gasteiger partial charge < -0.3 is 9.47 Å². The van der Waals surface area contributed by atoms with E-state index in [2.05, 4.69) is 9.88 Å². The van der Waals surface area contributed by atoms with E-state index in [1.165, 1.54) is 12.8 Å². The van der Waals surface area contributed by atoms with Gasteiger partial charge in [0.1, 0.15) is 18.2 Å². The first-order valence-electron chi connectivity index (χ1n) is 8.58. The third kappa shape index (κ3) is 2.43. The van der Waals surface area contributed by atoms with E-state index in [9.17, 15) is 4.79 Å². The third-order valence-corrected chi connectivity index (χ3v) is 5.03. The highest BCUT2D eigenvalue weighted by molar-refractivity contribution is 6.15. The summed E-state index contributed by atoms with van der Waals surface area (Å²) in [6.45, 7) is 3.42. The van der Waals surface area contributed by atoms with Crippen LogP contribution in [0.2, 0.25) is 0 Å². The first-order chi connectivity index (χ1) is 12.2. The van der Waals surface area contributed by atoms with Crippen LogP contribution in [-0.4, -0.2) is 28.4 Å². The van der Waals surface area contributed by atoms with Crippen LogP contribution in [0.1, 0.15) is 39.9 Å². The standard InChI is InChI=1S/C20H18N2O3/c1-12-19-14(10-22(11-24-19)15-2-3-15)9-16-18(23)17(25-20(12)16)8-13-4-6-21-7-5-13/h4-9,15H,2-3,10-11H2,1H3/b17-8-. The van der Waals surface area contributed by atoms with E-state index in [-0.39, 0.29) is 5.78 Å². The maximum atomic E-state index is 12.8. The lowest BCUT2D eigenvalue weighted by Crippen LogP contribution is -2.34. The summed E-state index contributed by atoms with van der Waals surface area (Å²) in [6, 6.07) is 6.28. The number of allylic oxidation sites excluding steroid dienone is 1. The number of ketones is 1. The lowest BCUT2D eigenvalue weighted by atomic mass is 10.00. The Labute approximate surface area is 145 Å². The smallest absolute Gasteiger partial charge is 0.231 e. The van der Waals surface area contributed by atoms with E-state index >= 15 is 0 Å². The molecular formula is C20H18N2O3. The minimum atomic E-state index is -0.0683. The molecule has 0 spiro atoms. The number of Topliss-reactive ketones (excluding diaryl/α,β-unsaturated/α-hetero) is 1. The number of ether oxygens (including phenoxy) is 2. The van der Waals surface area contributed by atoms with Crippen molar-refractivity contribution in [3.05, 3.63) is 58.6 Å². The van der Waals surface area contributed by atoms with E-state index in [1.807, 2.05) is 25.1 Å². The van der Waals surface area contributed by atoms with Crippen LogP contribution in [-0.2, 0) is 6.54 Å². The molecule has 1 aromatic carbocycles. The molecule has 0 amide bonds. The van der Waals surface area contributed by atoms with E-state index in [0.29, 0.717) is 29.8 Å². The normalized spacial score (nSPS) is 20.8. The molecule has 5 rings (SSSR count).